The van der Waals surface area contributed by atoms with Gasteiger partial charge in [-0.05, 0) is 12.1 Å². The second-order valence-electron chi connectivity index (χ2n) is 4.82. The van der Waals surface area contributed by atoms with Crippen molar-refractivity contribution < 1.29 is 28.9 Å². The van der Waals surface area contributed by atoms with Gasteiger partial charge < -0.3 is 24.6 Å². The minimum Gasteiger partial charge on any atom is -0.492 e. The molecule has 0 bridgehead atoms. The number of nitrogens with one attached hydrogen (secondary N) is 1. The van der Waals surface area contributed by atoms with Gasteiger partial charge in [0.2, 0.25) is 12.7 Å². The van der Waals surface area contributed by atoms with Crippen molar-refractivity contribution in [3.63, 3.8) is 0 Å². The summed E-state index contributed by atoms with van der Waals surface area (Å²) in [6.45, 7) is 0.627. The van der Waals surface area contributed by atoms with Crippen LogP contribution in [0.4, 0.5) is 0 Å². The second-order valence-corrected chi connectivity index (χ2v) is 4.82. The van der Waals surface area contributed by atoms with E-state index in [4.69, 9.17) is 19.3 Å². The second kappa shape index (κ2) is 6.86. The van der Waals surface area contributed by atoms with Crippen LogP contribution in [0, 0.1) is 0 Å². The number of benzene rings is 1. The monoisotopic (exact) mass is 334 g/mol. The number of rotatable bonds is 7. The minimum atomic E-state index is -1.20. The van der Waals surface area contributed by atoms with Crippen molar-refractivity contribution in [2.75, 3.05) is 19.9 Å². The Balaban J connectivity index is 1.39. The fourth-order valence-corrected chi connectivity index (χ4v) is 2.00. The van der Waals surface area contributed by atoms with Gasteiger partial charge in [-0.25, -0.2) is 9.48 Å². The van der Waals surface area contributed by atoms with Crippen LogP contribution in [-0.2, 0) is 11.3 Å². The molecular weight excluding hydrogens is 320 g/mol. The van der Waals surface area contributed by atoms with Crippen molar-refractivity contribution >= 4 is 11.9 Å². The van der Waals surface area contributed by atoms with Crippen molar-refractivity contribution in [3.05, 3.63) is 30.1 Å². The maximum Gasteiger partial charge on any atom is 0.358 e. The van der Waals surface area contributed by atoms with E-state index >= 15 is 0 Å². The van der Waals surface area contributed by atoms with E-state index in [0.29, 0.717) is 17.2 Å². The lowest BCUT2D eigenvalue weighted by atomic mass is 10.3. The molecular formula is C14H14N4O6. The zero-order valence-electron chi connectivity index (χ0n) is 12.5. The Bertz CT molecular complexity index is 759. The molecule has 10 nitrogen and oxygen atoms in total. The van der Waals surface area contributed by atoms with E-state index in [1.807, 2.05) is 0 Å². The number of carbonyl (C=O) groups excluding carboxylic acids is 1. The molecule has 10 heteroatoms. The standard InChI is InChI=1S/C14H14N4O6/c19-13(7-18-6-10(14(20)21)16-17-18)15-3-4-22-9-1-2-11-12(5-9)24-8-23-11/h1-2,5-6H,3-4,7-8H2,(H,15,19)(H,20,21). The van der Waals surface area contributed by atoms with E-state index in [9.17, 15) is 9.59 Å². The van der Waals surface area contributed by atoms with Gasteiger partial charge in [0.25, 0.3) is 0 Å². The summed E-state index contributed by atoms with van der Waals surface area (Å²) in [5, 5.41) is 18.3. The van der Waals surface area contributed by atoms with Crippen LogP contribution in [0.3, 0.4) is 0 Å². The third kappa shape index (κ3) is 3.72. The maximum atomic E-state index is 11.7. The molecule has 0 unspecified atom stereocenters. The first-order valence-electron chi connectivity index (χ1n) is 7.04. The summed E-state index contributed by atoms with van der Waals surface area (Å²) in [5.74, 6) is 0.377. The molecule has 0 radical (unpaired) electrons. The van der Waals surface area contributed by atoms with Gasteiger partial charge in [-0.2, -0.15) is 0 Å². The molecule has 0 atom stereocenters. The highest BCUT2D eigenvalue weighted by Gasteiger charge is 2.14. The molecule has 2 aromatic rings. The molecule has 1 aliphatic rings. The number of aromatic carboxylic acids is 1. The first kappa shape index (κ1) is 15.6. The number of carboxylic acids is 1. The first-order valence-corrected chi connectivity index (χ1v) is 7.04. The van der Waals surface area contributed by atoms with Crippen molar-refractivity contribution in [2.24, 2.45) is 0 Å². The molecule has 126 valence electrons. The number of amides is 1. The van der Waals surface area contributed by atoms with Gasteiger partial charge in [0, 0.05) is 6.07 Å². The number of carbonyl (C=O) groups is 2. The molecule has 1 amide bonds. The predicted molar refractivity (Wildman–Crippen MR) is 78.1 cm³/mol. The first-order chi connectivity index (χ1) is 11.6. The van der Waals surface area contributed by atoms with Crippen LogP contribution in [-0.4, -0.2) is 51.9 Å². The average molecular weight is 334 g/mol. The largest absolute Gasteiger partial charge is 0.492 e. The number of carboxylic acid groups (broad SMARTS) is 1. The number of hydrogen-bond donors (Lipinski definition) is 2. The highest BCUT2D eigenvalue weighted by atomic mass is 16.7. The van der Waals surface area contributed by atoms with E-state index in [-0.39, 0.29) is 38.1 Å². The molecule has 0 aliphatic carbocycles. The Morgan fingerprint density at radius 2 is 2.17 bits per heavy atom. The number of aromatic nitrogens is 3. The maximum absolute atomic E-state index is 11.7. The van der Waals surface area contributed by atoms with E-state index in [0.717, 1.165) is 4.68 Å². The van der Waals surface area contributed by atoms with Crippen LogP contribution in [0.15, 0.2) is 24.4 Å². The molecule has 0 spiro atoms. The normalized spacial score (nSPS) is 12.0. The van der Waals surface area contributed by atoms with E-state index in [2.05, 4.69) is 15.6 Å². The number of hydrogen-bond acceptors (Lipinski definition) is 7. The molecule has 1 aromatic carbocycles. The summed E-state index contributed by atoms with van der Waals surface area (Å²) in [6.07, 6.45) is 1.19. The smallest absolute Gasteiger partial charge is 0.358 e. The lowest BCUT2D eigenvalue weighted by Gasteiger charge is -2.08. The highest BCUT2D eigenvalue weighted by molar-refractivity contribution is 5.84. The summed E-state index contributed by atoms with van der Waals surface area (Å²) in [5.41, 5.74) is -0.214. The summed E-state index contributed by atoms with van der Waals surface area (Å²) in [4.78, 5) is 22.4. The van der Waals surface area contributed by atoms with Crippen molar-refractivity contribution in [2.45, 2.75) is 6.54 Å². The summed E-state index contributed by atoms with van der Waals surface area (Å²) < 4.78 is 17.1. The van der Waals surface area contributed by atoms with Gasteiger partial charge in [0.1, 0.15) is 18.9 Å². The predicted octanol–water partition coefficient (Wildman–Crippen LogP) is -0.0998. The molecule has 24 heavy (non-hydrogen) atoms. The van der Waals surface area contributed by atoms with Crippen LogP contribution >= 0.6 is 0 Å². The van der Waals surface area contributed by atoms with Gasteiger partial charge in [0.05, 0.1) is 12.7 Å². The van der Waals surface area contributed by atoms with E-state index < -0.39 is 5.97 Å². The molecule has 1 aliphatic heterocycles. The van der Waals surface area contributed by atoms with E-state index in [1.165, 1.54) is 6.20 Å². The Kier molecular flexibility index (Phi) is 4.45. The Morgan fingerprint density at radius 1 is 1.33 bits per heavy atom. The number of fused-ring (bicyclic) bond motifs is 1. The fraction of sp³-hybridized carbons (Fsp3) is 0.286. The highest BCUT2D eigenvalue weighted by Crippen LogP contribution is 2.34. The lowest BCUT2D eigenvalue weighted by molar-refractivity contribution is -0.122. The minimum absolute atomic E-state index is 0.121. The van der Waals surface area contributed by atoms with Gasteiger partial charge >= 0.3 is 5.97 Å². The Hall–Kier alpha value is -3.30. The van der Waals surface area contributed by atoms with Gasteiger partial charge in [-0.15, -0.1) is 5.10 Å². The average Bonchev–Trinajstić information content (AvgIpc) is 3.20. The van der Waals surface area contributed by atoms with E-state index in [1.54, 1.807) is 18.2 Å². The zero-order chi connectivity index (χ0) is 16.9. The number of nitrogens with zero attached hydrogens (tertiary/aromatic N) is 3. The third-order valence-electron chi connectivity index (χ3n) is 3.10. The van der Waals surface area contributed by atoms with Crippen LogP contribution in [0.2, 0.25) is 0 Å². The molecule has 2 N–H and O–H groups in total. The SMILES string of the molecule is O=C(Cn1cc(C(=O)O)nn1)NCCOc1ccc2c(c1)OCO2. The molecule has 1 aromatic heterocycles. The Morgan fingerprint density at radius 3 is 2.96 bits per heavy atom. The number of ether oxygens (including phenoxy) is 3. The Labute approximate surface area is 135 Å². The summed E-state index contributed by atoms with van der Waals surface area (Å²) in [6, 6.07) is 5.21. The topological polar surface area (TPSA) is 125 Å². The van der Waals surface area contributed by atoms with Crippen molar-refractivity contribution in [3.8, 4) is 17.2 Å². The molecule has 0 saturated heterocycles. The molecule has 0 fully saturated rings. The van der Waals surface area contributed by atoms with Gasteiger partial charge in [-0.3, -0.25) is 4.79 Å². The third-order valence-corrected chi connectivity index (χ3v) is 3.10. The lowest BCUT2D eigenvalue weighted by Crippen LogP contribution is -2.31. The van der Waals surface area contributed by atoms with Gasteiger partial charge in [0.15, 0.2) is 17.2 Å². The fourth-order valence-electron chi connectivity index (χ4n) is 2.00. The molecule has 3 rings (SSSR count). The summed E-state index contributed by atoms with van der Waals surface area (Å²) in [7, 11) is 0. The van der Waals surface area contributed by atoms with Crippen LogP contribution in [0.5, 0.6) is 17.2 Å². The molecule has 0 saturated carbocycles. The van der Waals surface area contributed by atoms with Crippen LogP contribution in [0.1, 0.15) is 10.5 Å². The van der Waals surface area contributed by atoms with Crippen molar-refractivity contribution in [1.29, 1.82) is 0 Å². The van der Waals surface area contributed by atoms with Crippen molar-refractivity contribution in [1.82, 2.24) is 20.3 Å². The zero-order valence-corrected chi connectivity index (χ0v) is 12.5. The van der Waals surface area contributed by atoms with Crippen LogP contribution < -0.4 is 19.5 Å². The van der Waals surface area contributed by atoms with Gasteiger partial charge in [-0.1, -0.05) is 5.21 Å². The molecule has 2 heterocycles. The summed E-state index contributed by atoms with van der Waals surface area (Å²) >= 11 is 0. The van der Waals surface area contributed by atoms with Crippen LogP contribution in [0.25, 0.3) is 0 Å². The quantitative estimate of drug-likeness (QED) is 0.673.